The van der Waals surface area contributed by atoms with Gasteiger partial charge in [0.15, 0.2) is 0 Å². The Morgan fingerprint density at radius 1 is 1.29 bits per heavy atom. The molecule has 1 atom stereocenters. The highest BCUT2D eigenvalue weighted by Crippen LogP contribution is 2.30. The molecule has 0 saturated heterocycles. The van der Waals surface area contributed by atoms with Crippen molar-refractivity contribution >= 4 is 27.8 Å². The molecular formula is C14H13N3O4. The number of aliphatic hydroxyl groups is 1. The molecule has 1 aromatic carbocycles. The second kappa shape index (κ2) is 5.02. The normalized spacial score (nSPS) is 12.8. The van der Waals surface area contributed by atoms with Gasteiger partial charge in [-0.3, -0.25) is 9.59 Å². The van der Waals surface area contributed by atoms with Gasteiger partial charge in [0.05, 0.1) is 17.8 Å². The number of hydrogen-bond donors (Lipinski definition) is 4. The van der Waals surface area contributed by atoms with Crippen LogP contribution in [0.5, 0.6) is 0 Å². The first-order chi connectivity index (χ1) is 10.1. The minimum atomic E-state index is -0.960. The molecule has 4 N–H and O–H groups in total. The van der Waals surface area contributed by atoms with Gasteiger partial charge in [-0.2, -0.15) is 5.10 Å². The standard InChI is InChI=1S/C14H13N3O4/c18-10(4-5-11(19)20)8-3-1-2-7-9-6-15-17-14(21)13(9)16-12(7)8/h1-3,6,10,16,18H,4-5H2,(H,17,21)(H,19,20). The molecule has 0 radical (unpaired) electrons. The van der Waals surface area contributed by atoms with E-state index in [4.69, 9.17) is 5.11 Å². The number of nitrogens with zero attached hydrogens (tertiary/aromatic N) is 1. The summed E-state index contributed by atoms with van der Waals surface area (Å²) in [6, 6.07) is 5.30. The molecule has 0 amide bonds. The van der Waals surface area contributed by atoms with Crippen LogP contribution in [0.25, 0.3) is 21.8 Å². The Morgan fingerprint density at radius 3 is 2.86 bits per heavy atom. The lowest BCUT2D eigenvalue weighted by atomic mass is 10.0. The van der Waals surface area contributed by atoms with E-state index in [0.717, 1.165) is 5.39 Å². The third-order valence-electron chi connectivity index (χ3n) is 3.48. The van der Waals surface area contributed by atoms with Gasteiger partial charge in [-0.15, -0.1) is 0 Å². The molecule has 0 aliphatic heterocycles. The third-order valence-corrected chi connectivity index (χ3v) is 3.48. The van der Waals surface area contributed by atoms with Gasteiger partial charge in [-0.1, -0.05) is 18.2 Å². The average Bonchev–Trinajstić information content (AvgIpc) is 2.85. The van der Waals surface area contributed by atoms with Gasteiger partial charge in [0.1, 0.15) is 5.52 Å². The Hall–Kier alpha value is -2.67. The molecule has 0 saturated carbocycles. The molecule has 0 spiro atoms. The molecule has 7 heteroatoms. The van der Waals surface area contributed by atoms with Crippen LogP contribution in [0.15, 0.2) is 29.2 Å². The number of aromatic nitrogens is 3. The van der Waals surface area contributed by atoms with Crippen molar-refractivity contribution in [3.8, 4) is 0 Å². The Balaban J connectivity index is 2.16. The summed E-state index contributed by atoms with van der Waals surface area (Å²) in [6.07, 6.45) is 0.617. The quantitative estimate of drug-likeness (QED) is 0.576. The highest BCUT2D eigenvalue weighted by atomic mass is 16.4. The lowest BCUT2D eigenvalue weighted by Gasteiger charge is -2.10. The maximum atomic E-state index is 11.8. The van der Waals surface area contributed by atoms with Crippen LogP contribution < -0.4 is 5.56 Å². The maximum Gasteiger partial charge on any atom is 0.303 e. The van der Waals surface area contributed by atoms with Crippen molar-refractivity contribution in [2.75, 3.05) is 0 Å². The van der Waals surface area contributed by atoms with Crippen LogP contribution in [0.1, 0.15) is 24.5 Å². The fraction of sp³-hybridized carbons (Fsp3) is 0.214. The molecule has 2 heterocycles. The van der Waals surface area contributed by atoms with Gasteiger partial charge in [-0.05, 0) is 6.42 Å². The smallest absolute Gasteiger partial charge is 0.303 e. The third kappa shape index (κ3) is 2.27. The molecule has 0 fully saturated rings. The number of carboxylic acids is 1. The van der Waals surface area contributed by atoms with Crippen molar-refractivity contribution in [3.63, 3.8) is 0 Å². The van der Waals surface area contributed by atoms with Crippen LogP contribution in [0.3, 0.4) is 0 Å². The first-order valence-corrected chi connectivity index (χ1v) is 6.46. The number of H-pyrrole nitrogens is 2. The van der Waals surface area contributed by atoms with E-state index in [-0.39, 0.29) is 18.4 Å². The van der Waals surface area contributed by atoms with Gasteiger partial charge < -0.3 is 15.2 Å². The number of carboxylic acid groups (broad SMARTS) is 1. The summed E-state index contributed by atoms with van der Waals surface area (Å²) in [5, 5.41) is 26.4. The number of carbonyl (C=O) groups is 1. The van der Waals surface area contributed by atoms with Crippen LogP contribution in [-0.4, -0.2) is 31.4 Å². The van der Waals surface area contributed by atoms with Crippen molar-refractivity contribution in [1.82, 2.24) is 15.2 Å². The zero-order chi connectivity index (χ0) is 15.0. The van der Waals surface area contributed by atoms with E-state index in [9.17, 15) is 14.7 Å². The molecule has 1 unspecified atom stereocenters. The van der Waals surface area contributed by atoms with E-state index in [1.165, 1.54) is 0 Å². The van der Waals surface area contributed by atoms with E-state index in [0.29, 0.717) is 22.0 Å². The van der Waals surface area contributed by atoms with Crippen molar-refractivity contribution in [3.05, 3.63) is 40.3 Å². The Morgan fingerprint density at radius 2 is 2.10 bits per heavy atom. The number of nitrogens with one attached hydrogen (secondary N) is 2. The summed E-state index contributed by atoms with van der Waals surface area (Å²) in [6.45, 7) is 0. The van der Waals surface area contributed by atoms with Crippen molar-refractivity contribution in [1.29, 1.82) is 0 Å². The Kier molecular flexibility index (Phi) is 3.19. The number of hydrogen-bond acceptors (Lipinski definition) is 4. The summed E-state index contributed by atoms with van der Waals surface area (Å²) < 4.78 is 0. The van der Waals surface area contributed by atoms with Crippen LogP contribution in [0, 0.1) is 0 Å². The van der Waals surface area contributed by atoms with Gasteiger partial charge >= 0.3 is 5.97 Å². The Bertz CT molecular complexity index is 881. The summed E-state index contributed by atoms with van der Waals surface area (Å²) >= 11 is 0. The molecule has 7 nitrogen and oxygen atoms in total. The molecule has 21 heavy (non-hydrogen) atoms. The van der Waals surface area contributed by atoms with E-state index in [2.05, 4.69) is 15.2 Å². The predicted octanol–water partition coefficient (Wildman–Crippen LogP) is 1.30. The van der Waals surface area contributed by atoms with E-state index in [1.807, 2.05) is 6.07 Å². The van der Waals surface area contributed by atoms with Gasteiger partial charge in [0, 0.05) is 22.8 Å². The van der Waals surface area contributed by atoms with E-state index >= 15 is 0 Å². The number of aliphatic carboxylic acids is 1. The number of rotatable bonds is 4. The molecule has 0 aliphatic carbocycles. The highest BCUT2D eigenvalue weighted by Gasteiger charge is 2.16. The SMILES string of the molecule is O=C(O)CCC(O)c1cccc2c1[nH]c1c(=O)[nH]ncc12. The molecule has 3 aromatic rings. The van der Waals surface area contributed by atoms with Crippen molar-refractivity contribution < 1.29 is 15.0 Å². The Labute approximate surface area is 118 Å². The minimum Gasteiger partial charge on any atom is -0.481 e. The summed E-state index contributed by atoms with van der Waals surface area (Å²) in [5.41, 5.74) is 1.25. The summed E-state index contributed by atoms with van der Waals surface area (Å²) in [7, 11) is 0. The maximum absolute atomic E-state index is 11.8. The fourth-order valence-corrected chi connectivity index (χ4v) is 2.48. The number of fused-ring (bicyclic) bond motifs is 3. The average molecular weight is 287 g/mol. The molecular weight excluding hydrogens is 274 g/mol. The molecule has 108 valence electrons. The van der Waals surface area contributed by atoms with Crippen LogP contribution >= 0.6 is 0 Å². The molecule has 3 rings (SSSR count). The largest absolute Gasteiger partial charge is 0.481 e. The number of aliphatic hydroxyl groups excluding tert-OH is 1. The topological polar surface area (TPSA) is 119 Å². The van der Waals surface area contributed by atoms with Gasteiger partial charge in [0.25, 0.3) is 5.56 Å². The van der Waals surface area contributed by atoms with E-state index < -0.39 is 12.1 Å². The second-order valence-electron chi connectivity index (χ2n) is 4.83. The van der Waals surface area contributed by atoms with Gasteiger partial charge in [0.2, 0.25) is 0 Å². The second-order valence-corrected chi connectivity index (χ2v) is 4.83. The zero-order valence-corrected chi connectivity index (χ0v) is 11.0. The summed E-state index contributed by atoms with van der Waals surface area (Å²) in [4.78, 5) is 25.4. The summed E-state index contributed by atoms with van der Waals surface area (Å²) in [5.74, 6) is -0.960. The first kappa shape index (κ1) is 13.3. The molecule has 2 aromatic heterocycles. The van der Waals surface area contributed by atoms with Gasteiger partial charge in [-0.25, -0.2) is 5.10 Å². The number of aromatic amines is 2. The van der Waals surface area contributed by atoms with Crippen molar-refractivity contribution in [2.24, 2.45) is 0 Å². The number of benzene rings is 1. The van der Waals surface area contributed by atoms with Crippen LogP contribution in [-0.2, 0) is 4.79 Å². The predicted molar refractivity (Wildman–Crippen MR) is 76.0 cm³/mol. The fourth-order valence-electron chi connectivity index (χ4n) is 2.48. The first-order valence-electron chi connectivity index (χ1n) is 6.46. The zero-order valence-electron chi connectivity index (χ0n) is 11.0. The van der Waals surface area contributed by atoms with E-state index in [1.54, 1.807) is 18.3 Å². The number of para-hydroxylation sites is 1. The molecule has 0 bridgehead atoms. The lowest BCUT2D eigenvalue weighted by molar-refractivity contribution is -0.137. The lowest BCUT2D eigenvalue weighted by Crippen LogP contribution is -2.06. The highest BCUT2D eigenvalue weighted by molar-refractivity contribution is 6.07. The van der Waals surface area contributed by atoms with Crippen LogP contribution in [0.4, 0.5) is 0 Å². The minimum absolute atomic E-state index is 0.110. The van der Waals surface area contributed by atoms with Crippen LogP contribution in [0.2, 0.25) is 0 Å². The monoisotopic (exact) mass is 287 g/mol. The molecule has 0 aliphatic rings. The van der Waals surface area contributed by atoms with Crippen molar-refractivity contribution in [2.45, 2.75) is 18.9 Å².